The summed E-state index contributed by atoms with van der Waals surface area (Å²) in [7, 11) is 0. The molecule has 1 aromatic carbocycles. The molecule has 0 atom stereocenters. The summed E-state index contributed by atoms with van der Waals surface area (Å²) in [4.78, 5) is 6.24. The number of halogens is 1. The maximum absolute atomic E-state index is 13.8. The third-order valence-electron chi connectivity index (χ3n) is 3.79. The van der Waals surface area contributed by atoms with Crippen LogP contribution in [0.1, 0.15) is 24.8 Å². The van der Waals surface area contributed by atoms with Gasteiger partial charge in [-0.3, -0.25) is 9.88 Å². The number of hydrogen-bond acceptors (Lipinski definition) is 2. The molecule has 0 bridgehead atoms. The van der Waals surface area contributed by atoms with E-state index in [0.29, 0.717) is 5.56 Å². The third kappa shape index (κ3) is 3.05. The van der Waals surface area contributed by atoms with E-state index in [1.165, 1.54) is 25.5 Å². The van der Waals surface area contributed by atoms with Crippen molar-refractivity contribution in [3.8, 4) is 11.1 Å². The van der Waals surface area contributed by atoms with Gasteiger partial charge in [0.05, 0.1) is 6.20 Å². The molecular weight excluding hydrogens is 251 g/mol. The summed E-state index contributed by atoms with van der Waals surface area (Å²) in [5.41, 5.74) is 2.63. The molecule has 0 aliphatic carbocycles. The third-order valence-corrected chi connectivity index (χ3v) is 3.79. The number of rotatable bonds is 3. The maximum atomic E-state index is 13.8. The zero-order valence-electron chi connectivity index (χ0n) is 11.5. The van der Waals surface area contributed by atoms with Gasteiger partial charge >= 0.3 is 0 Å². The van der Waals surface area contributed by atoms with Gasteiger partial charge in [0, 0.05) is 18.3 Å². The maximum Gasteiger partial charge on any atom is 0.149 e. The van der Waals surface area contributed by atoms with Crippen LogP contribution in [0.4, 0.5) is 4.39 Å². The normalized spacial score (nSPS) is 16.2. The van der Waals surface area contributed by atoms with Gasteiger partial charge in [-0.2, -0.15) is 0 Å². The molecule has 103 valence electrons. The van der Waals surface area contributed by atoms with Crippen molar-refractivity contribution in [1.29, 1.82) is 0 Å². The van der Waals surface area contributed by atoms with Crippen LogP contribution in [0, 0.1) is 11.9 Å². The van der Waals surface area contributed by atoms with Crippen molar-refractivity contribution in [2.75, 3.05) is 13.1 Å². The number of benzene rings is 1. The van der Waals surface area contributed by atoms with Gasteiger partial charge in [0.25, 0.3) is 0 Å². The van der Waals surface area contributed by atoms with Crippen LogP contribution in [-0.2, 0) is 6.54 Å². The van der Waals surface area contributed by atoms with E-state index >= 15 is 0 Å². The fraction of sp³-hybridized carbons (Fsp3) is 0.353. The zero-order chi connectivity index (χ0) is 13.8. The van der Waals surface area contributed by atoms with E-state index in [4.69, 9.17) is 0 Å². The molecule has 2 nitrogen and oxygen atoms in total. The molecule has 0 amide bonds. The number of likely N-dealkylation sites (tertiary alicyclic amines) is 1. The highest BCUT2D eigenvalue weighted by Crippen LogP contribution is 2.23. The van der Waals surface area contributed by atoms with Crippen LogP contribution < -0.4 is 0 Å². The Hall–Kier alpha value is -1.74. The molecule has 2 aromatic rings. The first kappa shape index (κ1) is 13.3. The van der Waals surface area contributed by atoms with E-state index in [0.717, 1.165) is 30.8 Å². The largest absolute Gasteiger partial charge is 0.299 e. The Bertz CT molecular complexity index is 577. The average Bonchev–Trinajstić information content (AvgIpc) is 2.49. The Balaban J connectivity index is 1.80. The molecule has 0 saturated carbocycles. The molecule has 0 spiro atoms. The molecule has 3 heteroatoms. The summed E-state index contributed by atoms with van der Waals surface area (Å²) >= 11 is 0. The van der Waals surface area contributed by atoms with Crippen molar-refractivity contribution in [1.82, 2.24) is 9.88 Å². The summed E-state index contributed by atoms with van der Waals surface area (Å²) in [6, 6.07) is 10.8. The monoisotopic (exact) mass is 269 g/mol. The van der Waals surface area contributed by atoms with Crippen LogP contribution in [0.5, 0.6) is 0 Å². The molecule has 1 radical (unpaired) electrons. The van der Waals surface area contributed by atoms with E-state index < -0.39 is 0 Å². The highest BCUT2D eigenvalue weighted by atomic mass is 19.1. The Labute approximate surface area is 119 Å². The van der Waals surface area contributed by atoms with Crippen LogP contribution in [0.15, 0.2) is 36.7 Å². The molecular formula is C17H18FN2. The van der Waals surface area contributed by atoms with Crippen LogP contribution in [0.25, 0.3) is 11.1 Å². The van der Waals surface area contributed by atoms with Crippen molar-refractivity contribution in [3.05, 3.63) is 54.1 Å². The van der Waals surface area contributed by atoms with Crippen LogP contribution >= 0.6 is 0 Å². The Morgan fingerprint density at radius 2 is 2.05 bits per heavy atom. The number of nitrogens with zero attached hydrogens (tertiary/aromatic N) is 2. The number of pyridine rings is 1. The van der Waals surface area contributed by atoms with E-state index in [2.05, 4.69) is 16.0 Å². The lowest BCUT2D eigenvalue weighted by Crippen LogP contribution is -2.29. The number of piperidine rings is 1. The Morgan fingerprint density at radius 3 is 2.85 bits per heavy atom. The van der Waals surface area contributed by atoms with Crippen LogP contribution in [0.2, 0.25) is 0 Å². The summed E-state index contributed by atoms with van der Waals surface area (Å²) in [6.45, 7) is 3.21. The minimum Gasteiger partial charge on any atom is -0.299 e. The Kier molecular flexibility index (Phi) is 4.07. The standard InChI is InChI=1S/C17H18FN2/c18-17-12-19-8-7-16(17)15-6-4-5-14(11-15)13-20-9-2-1-3-10-20/h4,6-8,11-12H,1-3,9-10,13H2. The topological polar surface area (TPSA) is 16.1 Å². The number of aromatic nitrogens is 1. The minimum absolute atomic E-state index is 0.275. The first-order chi connectivity index (χ1) is 9.83. The van der Waals surface area contributed by atoms with Crippen molar-refractivity contribution < 1.29 is 4.39 Å². The van der Waals surface area contributed by atoms with Crippen LogP contribution in [-0.4, -0.2) is 23.0 Å². The second-order valence-corrected chi connectivity index (χ2v) is 5.29. The van der Waals surface area contributed by atoms with E-state index in [1.807, 2.05) is 18.2 Å². The highest BCUT2D eigenvalue weighted by Gasteiger charge is 2.11. The molecule has 0 N–H and O–H groups in total. The summed E-state index contributed by atoms with van der Waals surface area (Å²) < 4.78 is 13.8. The van der Waals surface area contributed by atoms with E-state index in [9.17, 15) is 4.39 Å². The SMILES string of the molecule is Fc1cnccc1-c1cc[c]c(CN2CCCCC2)c1. The van der Waals surface area contributed by atoms with Gasteiger partial charge in [0.15, 0.2) is 0 Å². The molecule has 1 aliphatic rings. The van der Waals surface area contributed by atoms with Crippen molar-refractivity contribution in [2.24, 2.45) is 0 Å². The highest BCUT2D eigenvalue weighted by molar-refractivity contribution is 5.64. The van der Waals surface area contributed by atoms with Gasteiger partial charge in [-0.05, 0) is 55.3 Å². The van der Waals surface area contributed by atoms with Gasteiger partial charge in [0.1, 0.15) is 5.82 Å². The zero-order valence-corrected chi connectivity index (χ0v) is 11.5. The molecule has 0 unspecified atom stereocenters. The van der Waals surface area contributed by atoms with Gasteiger partial charge in [-0.25, -0.2) is 4.39 Å². The lowest BCUT2D eigenvalue weighted by molar-refractivity contribution is 0.221. The van der Waals surface area contributed by atoms with Crippen molar-refractivity contribution in [2.45, 2.75) is 25.8 Å². The average molecular weight is 269 g/mol. The fourth-order valence-electron chi connectivity index (χ4n) is 2.74. The minimum atomic E-state index is -0.275. The summed E-state index contributed by atoms with van der Waals surface area (Å²) in [6.07, 6.45) is 6.77. The summed E-state index contributed by atoms with van der Waals surface area (Å²) in [5, 5.41) is 0. The smallest absolute Gasteiger partial charge is 0.149 e. The van der Waals surface area contributed by atoms with Gasteiger partial charge in [-0.1, -0.05) is 18.6 Å². The molecule has 20 heavy (non-hydrogen) atoms. The lowest BCUT2D eigenvalue weighted by atomic mass is 10.0. The van der Waals surface area contributed by atoms with E-state index in [1.54, 1.807) is 12.3 Å². The first-order valence-electron chi connectivity index (χ1n) is 7.16. The molecule has 2 heterocycles. The predicted octanol–water partition coefficient (Wildman–Crippen LogP) is 3.67. The second-order valence-electron chi connectivity index (χ2n) is 5.29. The van der Waals surface area contributed by atoms with E-state index in [-0.39, 0.29) is 5.82 Å². The van der Waals surface area contributed by atoms with Crippen molar-refractivity contribution in [3.63, 3.8) is 0 Å². The lowest BCUT2D eigenvalue weighted by Gasteiger charge is -2.26. The van der Waals surface area contributed by atoms with Crippen molar-refractivity contribution >= 4 is 0 Å². The number of hydrogen-bond donors (Lipinski definition) is 0. The molecule has 1 fully saturated rings. The van der Waals surface area contributed by atoms with Crippen LogP contribution in [0.3, 0.4) is 0 Å². The summed E-state index contributed by atoms with van der Waals surface area (Å²) in [5.74, 6) is -0.275. The molecule has 3 rings (SSSR count). The molecule has 1 aliphatic heterocycles. The molecule has 1 aromatic heterocycles. The Morgan fingerprint density at radius 1 is 1.20 bits per heavy atom. The molecule has 1 saturated heterocycles. The first-order valence-corrected chi connectivity index (χ1v) is 7.16. The predicted molar refractivity (Wildman–Crippen MR) is 77.6 cm³/mol. The quantitative estimate of drug-likeness (QED) is 0.845. The van der Waals surface area contributed by atoms with Gasteiger partial charge in [0.2, 0.25) is 0 Å². The van der Waals surface area contributed by atoms with Gasteiger partial charge < -0.3 is 0 Å². The second kappa shape index (κ2) is 6.14. The fourth-order valence-corrected chi connectivity index (χ4v) is 2.74. The van der Waals surface area contributed by atoms with Gasteiger partial charge in [-0.15, -0.1) is 0 Å².